The number of amides is 1. The van der Waals surface area contributed by atoms with E-state index in [0.29, 0.717) is 12.3 Å². The van der Waals surface area contributed by atoms with Crippen molar-refractivity contribution >= 4 is 47.4 Å². The fourth-order valence-corrected chi connectivity index (χ4v) is 3.43. The van der Waals surface area contributed by atoms with Crippen molar-refractivity contribution in [2.45, 2.75) is 45.4 Å². The molecule has 9 heteroatoms. The van der Waals surface area contributed by atoms with E-state index in [4.69, 9.17) is 5.73 Å². The molecule has 0 bridgehead atoms. The Hall–Kier alpha value is -0.630. The quantitative estimate of drug-likeness (QED) is 0.715. The normalized spacial score (nSPS) is 14.6. The fraction of sp³-hybridized carbons (Fsp3) is 0.800. The first-order chi connectivity index (χ1) is 10.7. The van der Waals surface area contributed by atoms with Gasteiger partial charge in [0.25, 0.3) is 0 Å². The lowest BCUT2D eigenvalue weighted by Gasteiger charge is -2.21. The minimum atomic E-state index is 0. The topological polar surface area (TPSA) is 75.4 Å². The number of carbonyl (C=O) groups excluding carboxylic acids is 1. The zero-order chi connectivity index (χ0) is 15.8. The summed E-state index contributed by atoms with van der Waals surface area (Å²) < 4.78 is 4.24. The molecule has 2 N–H and O–H groups in total. The predicted octanol–water partition coefficient (Wildman–Crippen LogP) is 2.64. The van der Waals surface area contributed by atoms with E-state index < -0.39 is 0 Å². The molecule has 0 spiro atoms. The molecule has 1 saturated heterocycles. The minimum Gasteiger partial charge on any atom is -0.345 e. The molecule has 0 aromatic carbocycles. The second-order valence-corrected chi connectivity index (χ2v) is 6.53. The number of hydrogen-bond donors (Lipinski definition) is 1. The van der Waals surface area contributed by atoms with Gasteiger partial charge in [-0.05, 0) is 32.7 Å². The Morgan fingerprint density at radius 2 is 1.88 bits per heavy atom. The summed E-state index contributed by atoms with van der Waals surface area (Å²) in [5, 5.41) is 0.980. The van der Waals surface area contributed by atoms with E-state index in [1.165, 1.54) is 11.5 Å². The van der Waals surface area contributed by atoms with Crippen LogP contribution in [0.25, 0.3) is 0 Å². The SMILES string of the molecule is Cc1nsc(N2CCCN(C(=O)CCCCCCN)CC2)n1.Cl.Cl. The van der Waals surface area contributed by atoms with E-state index in [2.05, 4.69) is 14.3 Å². The van der Waals surface area contributed by atoms with Gasteiger partial charge in [-0.3, -0.25) is 4.79 Å². The molecule has 0 aliphatic carbocycles. The highest BCUT2D eigenvalue weighted by Crippen LogP contribution is 2.19. The van der Waals surface area contributed by atoms with Crippen LogP contribution in [0.5, 0.6) is 0 Å². The Balaban J connectivity index is 0.00000264. The van der Waals surface area contributed by atoms with Crippen LogP contribution in [0.1, 0.15) is 44.3 Å². The lowest BCUT2D eigenvalue weighted by Crippen LogP contribution is -2.35. The second-order valence-electron chi connectivity index (χ2n) is 5.80. The standard InChI is InChI=1S/C15H27N5OS.2ClH/c1-13-17-15(22-18-13)20-10-6-9-19(11-12-20)14(21)7-4-2-3-5-8-16;;/h2-12,16H2,1H3;2*1H. The van der Waals surface area contributed by atoms with Crippen LogP contribution in [0.3, 0.4) is 0 Å². The lowest BCUT2D eigenvalue weighted by atomic mass is 10.1. The maximum absolute atomic E-state index is 12.3. The van der Waals surface area contributed by atoms with Crippen molar-refractivity contribution in [1.82, 2.24) is 14.3 Å². The zero-order valence-corrected chi connectivity index (χ0v) is 16.7. The van der Waals surface area contributed by atoms with Crippen LogP contribution < -0.4 is 10.6 Å². The molecule has 1 fully saturated rings. The van der Waals surface area contributed by atoms with Crippen LogP contribution in [0.4, 0.5) is 5.13 Å². The Morgan fingerprint density at radius 1 is 1.12 bits per heavy atom. The van der Waals surface area contributed by atoms with Gasteiger partial charge in [0.15, 0.2) is 0 Å². The van der Waals surface area contributed by atoms with Crippen molar-refractivity contribution in [3.8, 4) is 0 Å². The number of halogens is 2. The predicted molar refractivity (Wildman–Crippen MR) is 105 cm³/mol. The lowest BCUT2D eigenvalue weighted by molar-refractivity contribution is -0.131. The molecular weight excluding hydrogens is 369 g/mol. The Morgan fingerprint density at radius 3 is 2.54 bits per heavy atom. The van der Waals surface area contributed by atoms with E-state index in [1.807, 2.05) is 11.8 Å². The zero-order valence-electron chi connectivity index (χ0n) is 14.3. The summed E-state index contributed by atoms with van der Waals surface area (Å²) in [5.41, 5.74) is 5.48. The van der Waals surface area contributed by atoms with Crippen molar-refractivity contribution in [1.29, 1.82) is 0 Å². The van der Waals surface area contributed by atoms with Gasteiger partial charge in [-0.1, -0.05) is 12.8 Å². The van der Waals surface area contributed by atoms with Gasteiger partial charge in [-0.15, -0.1) is 24.8 Å². The summed E-state index contributed by atoms with van der Waals surface area (Å²) in [4.78, 5) is 21.0. The maximum atomic E-state index is 12.3. The first-order valence-electron chi connectivity index (χ1n) is 8.24. The molecule has 0 atom stereocenters. The average molecular weight is 398 g/mol. The monoisotopic (exact) mass is 397 g/mol. The average Bonchev–Trinajstić information content (AvgIpc) is 2.80. The van der Waals surface area contributed by atoms with Gasteiger partial charge in [-0.2, -0.15) is 4.37 Å². The molecule has 24 heavy (non-hydrogen) atoms. The van der Waals surface area contributed by atoms with Gasteiger partial charge in [0.1, 0.15) is 5.82 Å². The van der Waals surface area contributed by atoms with Gasteiger partial charge >= 0.3 is 0 Å². The van der Waals surface area contributed by atoms with Crippen LogP contribution in [0.2, 0.25) is 0 Å². The molecule has 2 heterocycles. The van der Waals surface area contributed by atoms with E-state index >= 15 is 0 Å². The summed E-state index contributed by atoms with van der Waals surface area (Å²) in [7, 11) is 0. The smallest absolute Gasteiger partial charge is 0.222 e. The van der Waals surface area contributed by atoms with Gasteiger partial charge in [0.05, 0.1) is 0 Å². The van der Waals surface area contributed by atoms with Crippen molar-refractivity contribution in [3.05, 3.63) is 5.82 Å². The van der Waals surface area contributed by atoms with Crippen LogP contribution in [0.15, 0.2) is 0 Å². The molecule has 0 unspecified atom stereocenters. The number of nitrogens with zero attached hydrogens (tertiary/aromatic N) is 4. The number of aromatic nitrogens is 2. The molecule has 1 aliphatic heterocycles. The highest BCUT2D eigenvalue weighted by molar-refractivity contribution is 7.09. The Bertz CT molecular complexity index is 474. The molecule has 1 amide bonds. The number of aryl methyl sites for hydroxylation is 1. The number of nitrogens with two attached hydrogens (primary N) is 1. The van der Waals surface area contributed by atoms with Gasteiger partial charge in [-0.25, -0.2) is 4.98 Å². The number of anilines is 1. The van der Waals surface area contributed by atoms with Gasteiger partial charge < -0.3 is 15.5 Å². The van der Waals surface area contributed by atoms with E-state index in [9.17, 15) is 4.79 Å². The van der Waals surface area contributed by atoms with Crippen molar-refractivity contribution < 1.29 is 4.79 Å². The molecule has 0 radical (unpaired) electrons. The fourth-order valence-electron chi connectivity index (χ4n) is 2.70. The summed E-state index contributed by atoms with van der Waals surface area (Å²) in [6.07, 6.45) is 5.95. The maximum Gasteiger partial charge on any atom is 0.222 e. The highest BCUT2D eigenvalue weighted by atomic mass is 35.5. The molecular formula is C15H29Cl2N5OS. The highest BCUT2D eigenvalue weighted by Gasteiger charge is 2.20. The molecule has 1 aliphatic rings. The molecule has 1 aromatic heterocycles. The van der Waals surface area contributed by atoms with E-state index in [-0.39, 0.29) is 24.8 Å². The summed E-state index contributed by atoms with van der Waals surface area (Å²) in [5.74, 6) is 1.12. The summed E-state index contributed by atoms with van der Waals surface area (Å²) >= 11 is 1.45. The molecule has 0 saturated carbocycles. The molecule has 140 valence electrons. The first-order valence-corrected chi connectivity index (χ1v) is 9.01. The Labute approximate surface area is 161 Å². The van der Waals surface area contributed by atoms with Crippen LogP contribution >= 0.6 is 36.3 Å². The van der Waals surface area contributed by atoms with E-state index in [1.54, 1.807) is 0 Å². The van der Waals surface area contributed by atoms with Crippen molar-refractivity contribution in [3.63, 3.8) is 0 Å². The third kappa shape index (κ3) is 7.51. The summed E-state index contributed by atoms with van der Waals surface area (Å²) in [6, 6.07) is 0. The van der Waals surface area contributed by atoms with Crippen molar-refractivity contribution in [2.24, 2.45) is 5.73 Å². The van der Waals surface area contributed by atoms with Crippen LogP contribution in [-0.2, 0) is 4.79 Å². The van der Waals surface area contributed by atoms with Crippen LogP contribution in [-0.4, -0.2) is 52.9 Å². The van der Waals surface area contributed by atoms with Gasteiger partial charge in [0.2, 0.25) is 11.0 Å². The number of rotatable bonds is 7. The number of carbonyl (C=O) groups is 1. The van der Waals surface area contributed by atoms with Crippen molar-refractivity contribution in [2.75, 3.05) is 37.6 Å². The number of unbranched alkanes of at least 4 members (excludes halogenated alkanes) is 3. The minimum absolute atomic E-state index is 0. The third-order valence-electron chi connectivity index (χ3n) is 3.98. The largest absolute Gasteiger partial charge is 0.345 e. The Kier molecular flexibility index (Phi) is 12.4. The number of hydrogen-bond acceptors (Lipinski definition) is 6. The third-order valence-corrected chi connectivity index (χ3v) is 4.85. The second kappa shape index (κ2) is 12.7. The van der Waals surface area contributed by atoms with Crippen LogP contribution in [0, 0.1) is 6.92 Å². The van der Waals surface area contributed by atoms with E-state index in [0.717, 1.165) is 75.8 Å². The summed E-state index contributed by atoms with van der Waals surface area (Å²) in [6.45, 7) is 6.12. The molecule has 6 nitrogen and oxygen atoms in total. The molecule has 2 rings (SSSR count). The first kappa shape index (κ1) is 23.4. The molecule has 1 aromatic rings. The van der Waals surface area contributed by atoms with Gasteiger partial charge in [0, 0.05) is 44.1 Å².